The quantitative estimate of drug-likeness (QED) is 0.856. The maximum Gasteiger partial charge on any atom is 0.227 e. The third kappa shape index (κ3) is 4.05. The van der Waals surface area contributed by atoms with E-state index in [1.807, 2.05) is 11.8 Å². The number of amides is 1. The molecule has 0 radical (unpaired) electrons. The molecule has 0 N–H and O–H groups in total. The molecule has 1 aromatic carbocycles. The van der Waals surface area contributed by atoms with Gasteiger partial charge in [-0.15, -0.1) is 0 Å². The first-order valence-corrected chi connectivity index (χ1v) is 9.44. The second-order valence-corrected chi connectivity index (χ2v) is 8.05. The minimum Gasteiger partial charge on any atom is -0.342 e. The standard InChI is InChI=1S/C18H26N2OS/c1-15-7-10-20(11-12-22-15)18(21)17-8-9-19(14-17)13-16-5-3-2-4-6-16/h2-6,15,17H,7-14H2,1H3. The molecule has 2 saturated heterocycles. The SMILES string of the molecule is CC1CCN(C(=O)C2CCN(Cc3ccccc3)C2)CCS1. The van der Waals surface area contributed by atoms with Gasteiger partial charge >= 0.3 is 0 Å². The van der Waals surface area contributed by atoms with Gasteiger partial charge < -0.3 is 4.90 Å². The van der Waals surface area contributed by atoms with Crippen LogP contribution in [-0.2, 0) is 11.3 Å². The van der Waals surface area contributed by atoms with Crippen LogP contribution in [-0.4, -0.2) is 52.9 Å². The van der Waals surface area contributed by atoms with Gasteiger partial charge in [-0.2, -0.15) is 11.8 Å². The zero-order chi connectivity index (χ0) is 15.4. The first-order valence-electron chi connectivity index (χ1n) is 8.39. The molecule has 3 nitrogen and oxygen atoms in total. The van der Waals surface area contributed by atoms with Crippen LogP contribution >= 0.6 is 11.8 Å². The highest BCUT2D eigenvalue weighted by molar-refractivity contribution is 7.99. The molecule has 1 amide bonds. The van der Waals surface area contributed by atoms with Crippen molar-refractivity contribution in [3.05, 3.63) is 35.9 Å². The van der Waals surface area contributed by atoms with Crippen LogP contribution in [0.3, 0.4) is 0 Å². The van der Waals surface area contributed by atoms with Crippen molar-refractivity contribution in [1.82, 2.24) is 9.80 Å². The predicted molar refractivity (Wildman–Crippen MR) is 92.9 cm³/mol. The van der Waals surface area contributed by atoms with Crippen LogP contribution in [0.5, 0.6) is 0 Å². The minimum absolute atomic E-state index is 0.210. The molecule has 0 saturated carbocycles. The summed E-state index contributed by atoms with van der Waals surface area (Å²) in [6.45, 7) is 7.09. The monoisotopic (exact) mass is 318 g/mol. The fourth-order valence-electron chi connectivity index (χ4n) is 3.39. The summed E-state index contributed by atoms with van der Waals surface area (Å²) < 4.78 is 0. The first-order chi connectivity index (χ1) is 10.7. The molecular formula is C18H26N2OS. The maximum absolute atomic E-state index is 12.7. The molecule has 2 unspecified atom stereocenters. The van der Waals surface area contributed by atoms with Crippen LogP contribution in [0, 0.1) is 5.92 Å². The van der Waals surface area contributed by atoms with E-state index in [-0.39, 0.29) is 5.92 Å². The molecular weight excluding hydrogens is 292 g/mol. The highest BCUT2D eigenvalue weighted by Crippen LogP contribution is 2.24. The van der Waals surface area contributed by atoms with Gasteiger partial charge in [-0.25, -0.2) is 0 Å². The number of carbonyl (C=O) groups excluding carboxylic acids is 1. The summed E-state index contributed by atoms with van der Waals surface area (Å²) in [6, 6.07) is 10.6. The lowest BCUT2D eigenvalue weighted by atomic mass is 10.1. The molecule has 0 aromatic heterocycles. The Kier molecular flexibility index (Phi) is 5.42. The van der Waals surface area contributed by atoms with Crippen molar-refractivity contribution in [1.29, 1.82) is 0 Å². The van der Waals surface area contributed by atoms with Gasteiger partial charge in [0.25, 0.3) is 0 Å². The van der Waals surface area contributed by atoms with Crippen LogP contribution in [0.4, 0.5) is 0 Å². The molecule has 2 fully saturated rings. The van der Waals surface area contributed by atoms with Crippen molar-refractivity contribution in [2.45, 2.75) is 31.6 Å². The number of thioether (sulfide) groups is 1. The van der Waals surface area contributed by atoms with Crippen LogP contribution < -0.4 is 0 Å². The number of carbonyl (C=O) groups is 1. The van der Waals surface area contributed by atoms with E-state index >= 15 is 0 Å². The summed E-state index contributed by atoms with van der Waals surface area (Å²) in [5.74, 6) is 1.69. The van der Waals surface area contributed by atoms with E-state index in [2.05, 4.69) is 47.1 Å². The van der Waals surface area contributed by atoms with Crippen LogP contribution in [0.2, 0.25) is 0 Å². The Labute approximate surface area is 138 Å². The number of hydrogen-bond donors (Lipinski definition) is 0. The average Bonchev–Trinajstić information content (AvgIpc) is 2.88. The lowest BCUT2D eigenvalue weighted by molar-refractivity contribution is -0.134. The number of likely N-dealkylation sites (tertiary alicyclic amines) is 1. The van der Waals surface area contributed by atoms with E-state index in [1.165, 1.54) is 5.56 Å². The van der Waals surface area contributed by atoms with Gasteiger partial charge in [0.1, 0.15) is 0 Å². The largest absolute Gasteiger partial charge is 0.342 e. The van der Waals surface area contributed by atoms with E-state index in [0.717, 1.165) is 51.3 Å². The molecule has 120 valence electrons. The lowest BCUT2D eigenvalue weighted by Crippen LogP contribution is -2.38. The Morgan fingerprint density at radius 3 is 2.82 bits per heavy atom. The molecule has 4 heteroatoms. The van der Waals surface area contributed by atoms with Gasteiger partial charge in [0.2, 0.25) is 5.91 Å². The Morgan fingerprint density at radius 2 is 2.00 bits per heavy atom. The Balaban J connectivity index is 1.52. The van der Waals surface area contributed by atoms with Crippen molar-refractivity contribution >= 4 is 17.7 Å². The van der Waals surface area contributed by atoms with Gasteiger partial charge in [0.05, 0.1) is 5.92 Å². The highest BCUT2D eigenvalue weighted by atomic mass is 32.2. The normalized spacial score (nSPS) is 26.9. The molecule has 2 aliphatic rings. The molecule has 2 atom stereocenters. The van der Waals surface area contributed by atoms with E-state index in [1.54, 1.807) is 0 Å². The summed E-state index contributed by atoms with van der Waals surface area (Å²) in [5.41, 5.74) is 1.34. The zero-order valence-electron chi connectivity index (χ0n) is 13.4. The second-order valence-electron chi connectivity index (χ2n) is 6.50. The number of benzene rings is 1. The van der Waals surface area contributed by atoms with Crippen molar-refractivity contribution in [3.63, 3.8) is 0 Å². The zero-order valence-corrected chi connectivity index (χ0v) is 14.2. The topological polar surface area (TPSA) is 23.6 Å². The molecule has 1 aromatic rings. The molecule has 2 aliphatic heterocycles. The Morgan fingerprint density at radius 1 is 1.18 bits per heavy atom. The predicted octanol–water partition coefficient (Wildman–Crippen LogP) is 2.86. The summed E-state index contributed by atoms with van der Waals surface area (Å²) >= 11 is 2.00. The van der Waals surface area contributed by atoms with E-state index in [9.17, 15) is 4.79 Å². The summed E-state index contributed by atoms with van der Waals surface area (Å²) in [6.07, 6.45) is 2.15. The van der Waals surface area contributed by atoms with Crippen LogP contribution in [0.15, 0.2) is 30.3 Å². The molecule has 0 aliphatic carbocycles. The van der Waals surface area contributed by atoms with Gasteiger partial charge in [-0.1, -0.05) is 37.3 Å². The van der Waals surface area contributed by atoms with Crippen molar-refractivity contribution in [2.75, 3.05) is 31.9 Å². The van der Waals surface area contributed by atoms with Crippen LogP contribution in [0.1, 0.15) is 25.3 Å². The number of rotatable bonds is 3. The Bertz CT molecular complexity index is 493. The third-order valence-electron chi connectivity index (χ3n) is 4.75. The van der Waals surface area contributed by atoms with Gasteiger partial charge in [-0.05, 0) is 24.9 Å². The molecule has 22 heavy (non-hydrogen) atoms. The lowest BCUT2D eigenvalue weighted by Gasteiger charge is -2.24. The molecule has 0 bridgehead atoms. The molecule has 3 rings (SSSR count). The smallest absolute Gasteiger partial charge is 0.227 e. The summed E-state index contributed by atoms with van der Waals surface area (Å²) in [5, 5.41) is 0.691. The average molecular weight is 318 g/mol. The van der Waals surface area contributed by atoms with E-state index in [0.29, 0.717) is 11.2 Å². The third-order valence-corrected chi connectivity index (χ3v) is 5.97. The van der Waals surface area contributed by atoms with Crippen molar-refractivity contribution < 1.29 is 4.79 Å². The van der Waals surface area contributed by atoms with Gasteiger partial charge in [-0.3, -0.25) is 9.69 Å². The van der Waals surface area contributed by atoms with Crippen LogP contribution in [0.25, 0.3) is 0 Å². The maximum atomic E-state index is 12.7. The molecule has 0 spiro atoms. The van der Waals surface area contributed by atoms with E-state index < -0.39 is 0 Å². The first kappa shape index (κ1) is 15.9. The van der Waals surface area contributed by atoms with Crippen molar-refractivity contribution in [2.24, 2.45) is 5.92 Å². The highest BCUT2D eigenvalue weighted by Gasteiger charge is 2.31. The summed E-state index contributed by atoms with van der Waals surface area (Å²) in [4.78, 5) is 17.3. The molecule has 2 heterocycles. The van der Waals surface area contributed by atoms with E-state index in [4.69, 9.17) is 0 Å². The number of nitrogens with zero attached hydrogens (tertiary/aromatic N) is 2. The van der Waals surface area contributed by atoms with Crippen molar-refractivity contribution in [3.8, 4) is 0 Å². The van der Waals surface area contributed by atoms with Gasteiger partial charge in [0, 0.05) is 37.2 Å². The summed E-state index contributed by atoms with van der Waals surface area (Å²) in [7, 11) is 0. The number of hydrogen-bond acceptors (Lipinski definition) is 3. The fraction of sp³-hybridized carbons (Fsp3) is 0.611. The Hall–Kier alpha value is -1.00. The minimum atomic E-state index is 0.210. The fourth-order valence-corrected chi connectivity index (χ4v) is 4.40. The van der Waals surface area contributed by atoms with Gasteiger partial charge in [0.15, 0.2) is 0 Å². The second kappa shape index (κ2) is 7.51.